The average Bonchev–Trinajstić information content (AvgIpc) is 3.24. The van der Waals surface area contributed by atoms with Gasteiger partial charge in [0.15, 0.2) is 0 Å². The quantitative estimate of drug-likeness (QED) is 0.686. The van der Waals surface area contributed by atoms with Crippen molar-refractivity contribution in [1.29, 1.82) is 0 Å². The second-order valence-electron chi connectivity index (χ2n) is 7.30. The number of ether oxygens (including phenoxy) is 3. The van der Waals surface area contributed by atoms with Crippen molar-refractivity contribution >= 4 is 11.9 Å². The Labute approximate surface area is 160 Å². The first-order chi connectivity index (χ1) is 13.1. The third-order valence-corrected chi connectivity index (χ3v) is 5.61. The van der Waals surface area contributed by atoms with E-state index in [2.05, 4.69) is 0 Å². The van der Waals surface area contributed by atoms with Gasteiger partial charge in [0.1, 0.15) is 5.75 Å². The van der Waals surface area contributed by atoms with Crippen LogP contribution in [0.2, 0.25) is 0 Å². The van der Waals surface area contributed by atoms with Gasteiger partial charge in [-0.3, -0.25) is 9.59 Å². The van der Waals surface area contributed by atoms with Gasteiger partial charge in [-0.1, -0.05) is 18.2 Å². The molecular weight excluding hydrogens is 346 g/mol. The SMILES string of the molecule is CCOC(=O)C1(CCOc2ccccc2)CCN(C(=O)C2CCOC2)CC1. The highest BCUT2D eigenvalue weighted by Crippen LogP contribution is 2.37. The number of hydrogen-bond acceptors (Lipinski definition) is 5. The molecule has 0 saturated carbocycles. The summed E-state index contributed by atoms with van der Waals surface area (Å²) in [5, 5.41) is 0. The highest BCUT2D eigenvalue weighted by molar-refractivity contribution is 5.81. The fourth-order valence-corrected chi connectivity index (χ4v) is 3.86. The molecule has 0 aliphatic carbocycles. The molecule has 0 radical (unpaired) electrons. The van der Waals surface area contributed by atoms with Gasteiger partial charge in [-0.15, -0.1) is 0 Å². The number of rotatable bonds is 7. The van der Waals surface area contributed by atoms with Crippen LogP contribution in [0.3, 0.4) is 0 Å². The normalized spacial score (nSPS) is 21.7. The molecule has 2 heterocycles. The second kappa shape index (κ2) is 9.22. The van der Waals surface area contributed by atoms with Crippen LogP contribution in [0.15, 0.2) is 30.3 Å². The first kappa shape index (κ1) is 19.7. The third kappa shape index (κ3) is 4.80. The van der Waals surface area contributed by atoms with Crippen LogP contribution in [0.25, 0.3) is 0 Å². The molecule has 2 aliphatic rings. The predicted octanol–water partition coefficient (Wildman–Crippen LogP) is 2.66. The Morgan fingerprint density at radius 3 is 2.59 bits per heavy atom. The molecule has 0 N–H and O–H groups in total. The van der Waals surface area contributed by atoms with Gasteiger partial charge in [0.25, 0.3) is 0 Å². The van der Waals surface area contributed by atoms with Gasteiger partial charge < -0.3 is 19.1 Å². The summed E-state index contributed by atoms with van der Waals surface area (Å²) < 4.78 is 16.5. The molecule has 1 unspecified atom stereocenters. The van der Waals surface area contributed by atoms with Crippen LogP contribution in [0.1, 0.15) is 32.6 Å². The van der Waals surface area contributed by atoms with Gasteiger partial charge in [-0.05, 0) is 44.7 Å². The molecule has 0 spiro atoms. The number of likely N-dealkylation sites (tertiary alicyclic amines) is 1. The minimum Gasteiger partial charge on any atom is -0.494 e. The van der Waals surface area contributed by atoms with Gasteiger partial charge >= 0.3 is 5.97 Å². The van der Waals surface area contributed by atoms with Gasteiger partial charge in [-0.2, -0.15) is 0 Å². The summed E-state index contributed by atoms with van der Waals surface area (Å²) in [7, 11) is 0. The van der Waals surface area contributed by atoms with E-state index in [9.17, 15) is 9.59 Å². The molecule has 1 aromatic rings. The summed E-state index contributed by atoms with van der Waals surface area (Å²) >= 11 is 0. The third-order valence-electron chi connectivity index (χ3n) is 5.61. The average molecular weight is 375 g/mol. The van der Waals surface area contributed by atoms with Crippen molar-refractivity contribution in [2.24, 2.45) is 11.3 Å². The molecule has 1 aromatic carbocycles. The number of hydrogen-bond donors (Lipinski definition) is 0. The Morgan fingerprint density at radius 2 is 1.96 bits per heavy atom. The highest BCUT2D eigenvalue weighted by Gasteiger charge is 2.44. The van der Waals surface area contributed by atoms with Gasteiger partial charge in [-0.25, -0.2) is 0 Å². The maximum atomic E-state index is 12.7. The van der Waals surface area contributed by atoms with Crippen molar-refractivity contribution in [2.75, 3.05) is 39.5 Å². The standard InChI is InChI=1S/C21H29NO5/c1-2-26-20(24)21(11-15-27-18-6-4-3-5-7-18)9-12-22(13-10-21)19(23)17-8-14-25-16-17/h3-7,17H,2,8-16H2,1H3. The van der Waals surface area contributed by atoms with Crippen molar-refractivity contribution in [2.45, 2.75) is 32.6 Å². The fraction of sp³-hybridized carbons (Fsp3) is 0.619. The van der Waals surface area contributed by atoms with E-state index in [1.54, 1.807) is 0 Å². The zero-order chi connectivity index (χ0) is 19.1. The van der Waals surface area contributed by atoms with Gasteiger partial charge in [0.05, 0.1) is 31.2 Å². The largest absolute Gasteiger partial charge is 0.494 e. The molecule has 2 saturated heterocycles. The molecule has 0 aromatic heterocycles. The minimum absolute atomic E-state index is 0.0264. The van der Waals surface area contributed by atoms with Crippen LogP contribution in [0.5, 0.6) is 5.75 Å². The van der Waals surface area contributed by atoms with Crippen molar-refractivity contribution in [3.8, 4) is 5.75 Å². The van der Waals surface area contributed by atoms with Crippen molar-refractivity contribution in [3.05, 3.63) is 30.3 Å². The minimum atomic E-state index is -0.576. The van der Waals surface area contributed by atoms with E-state index in [4.69, 9.17) is 14.2 Å². The lowest BCUT2D eigenvalue weighted by atomic mass is 9.75. The van der Waals surface area contributed by atoms with Crippen molar-refractivity contribution in [1.82, 2.24) is 4.90 Å². The molecular formula is C21H29NO5. The van der Waals surface area contributed by atoms with E-state index in [1.807, 2.05) is 42.2 Å². The van der Waals surface area contributed by atoms with E-state index in [0.717, 1.165) is 12.2 Å². The molecule has 27 heavy (non-hydrogen) atoms. The van der Waals surface area contributed by atoms with Crippen LogP contribution < -0.4 is 4.74 Å². The maximum Gasteiger partial charge on any atom is 0.312 e. The first-order valence-corrected chi connectivity index (χ1v) is 9.86. The van der Waals surface area contributed by atoms with E-state index in [1.165, 1.54) is 0 Å². The van der Waals surface area contributed by atoms with Crippen LogP contribution >= 0.6 is 0 Å². The predicted molar refractivity (Wildman–Crippen MR) is 100 cm³/mol. The zero-order valence-electron chi connectivity index (χ0n) is 16.0. The molecule has 6 nitrogen and oxygen atoms in total. The summed E-state index contributed by atoms with van der Waals surface area (Å²) in [6.07, 6.45) is 2.62. The van der Waals surface area contributed by atoms with E-state index in [0.29, 0.717) is 58.8 Å². The van der Waals surface area contributed by atoms with Crippen LogP contribution in [-0.2, 0) is 19.1 Å². The molecule has 2 aliphatic heterocycles. The van der Waals surface area contributed by atoms with Gasteiger partial charge in [0, 0.05) is 19.7 Å². The van der Waals surface area contributed by atoms with Crippen molar-refractivity contribution in [3.63, 3.8) is 0 Å². The van der Waals surface area contributed by atoms with E-state index >= 15 is 0 Å². The number of para-hydroxylation sites is 1. The molecule has 6 heteroatoms. The molecule has 0 bridgehead atoms. The number of benzene rings is 1. The number of amides is 1. The molecule has 2 fully saturated rings. The summed E-state index contributed by atoms with van der Waals surface area (Å²) in [4.78, 5) is 27.2. The van der Waals surface area contributed by atoms with Crippen molar-refractivity contribution < 1.29 is 23.8 Å². The van der Waals surface area contributed by atoms with E-state index < -0.39 is 5.41 Å². The number of piperidine rings is 1. The summed E-state index contributed by atoms with van der Waals surface area (Å²) in [6.45, 7) is 4.98. The van der Waals surface area contributed by atoms with Crippen LogP contribution in [0, 0.1) is 11.3 Å². The lowest BCUT2D eigenvalue weighted by Crippen LogP contribution is -2.49. The molecule has 148 valence electrons. The van der Waals surface area contributed by atoms with Crippen LogP contribution in [0.4, 0.5) is 0 Å². The lowest BCUT2D eigenvalue weighted by molar-refractivity contribution is -0.162. The summed E-state index contributed by atoms with van der Waals surface area (Å²) in [5.74, 6) is 0.760. The Balaban J connectivity index is 1.58. The highest BCUT2D eigenvalue weighted by atomic mass is 16.5. The second-order valence-corrected chi connectivity index (χ2v) is 7.30. The monoisotopic (exact) mass is 375 g/mol. The van der Waals surface area contributed by atoms with E-state index in [-0.39, 0.29) is 17.8 Å². The number of carbonyl (C=O) groups is 2. The van der Waals surface area contributed by atoms with Gasteiger partial charge in [0.2, 0.25) is 5.91 Å². The molecule has 1 atom stereocenters. The first-order valence-electron chi connectivity index (χ1n) is 9.86. The lowest BCUT2D eigenvalue weighted by Gasteiger charge is -2.40. The number of carbonyl (C=O) groups excluding carboxylic acids is 2. The van der Waals surface area contributed by atoms with Crippen LogP contribution in [-0.4, -0.2) is 56.3 Å². The topological polar surface area (TPSA) is 65.1 Å². The molecule has 1 amide bonds. The zero-order valence-corrected chi connectivity index (χ0v) is 16.0. The molecule has 3 rings (SSSR count). The number of nitrogens with zero attached hydrogens (tertiary/aromatic N) is 1. The Hall–Kier alpha value is -2.08. The number of esters is 1. The summed E-state index contributed by atoms with van der Waals surface area (Å²) in [6, 6.07) is 9.60. The smallest absolute Gasteiger partial charge is 0.312 e. The Morgan fingerprint density at radius 1 is 1.22 bits per heavy atom. The Kier molecular flexibility index (Phi) is 6.72. The maximum absolute atomic E-state index is 12.7. The summed E-state index contributed by atoms with van der Waals surface area (Å²) in [5.41, 5.74) is -0.576. The Bertz CT molecular complexity index is 619. The fourth-order valence-electron chi connectivity index (χ4n) is 3.86.